The highest BCUT2D eigenvalue weighted by Crippen LogP contribution is 2.52. The first kappa shape index (κ1) is 5.52. The van der Waals surface area contributed by atoms with Gasteiger partial charge in [-0.25, -0.2) is 0 Å². The van der Waals surface area contributed by atoms with Gasteiger partial charge < -0.3 is 0 Å². The molecule has 2 saturated carbocycles. The molecule has 0 nitrogen and oxygen atoms in total. The largest absolute Gasteiger partial charge is 0.0990 e. The van der Waals surface area contributed by atoms with E-state index in [2.05, 4.69) is 13.5 Å². The van der Waals surface area contributed by atoms with Gasteiger partial charge >= 0.3 is 0 Å². The highest BCUT2D eigenvalue weighted by molar-refractivity contribution is 5.35. The van der Waals surface area contributed by atoms with Crippen LogP contribution < -0.4 is 0 Å². The van der Waals surface area contributed by atoms with E-state index in [0.29, 0.717) is 0 Å². The zero-order chi connectivity index (χ0) is 6.43. The Bertz CT molecular complexity index is 146. The van der Waals surface area contributed by atoms with Crippen molar-refractivity contribution < 1.29 is 0 Å². The maximum absolute atomic E-state index is 4.09. The van der Waals surface area contributed by atoms with Crippen molar-refractivity contribution in [3.05, 3.63) is 18.1 Å². The van der Waals surface area contributed by atoms with Crippen molar-refractivity contribution in [3.63, 3.8) is 0 Å². The summed E-state index contributed by atoms with van der Waals surface area (Å²) in [5.74, 6) is 3.44. The Morgan fingerprint density at radius 3 is 2.56 bits per heavy atom. The fourth-order valence-electron chi connectivity index (χ4n) is 2.32. The van der Waals surface area contributed by atoms with Crippen molar-refractivity contribution in [2.45, 2.75) is 26.2 Å². The third kappa shape index (κ3) is 0.593. The zero-order valence-corrected chi connectivity index (χ0v) is 5.98. The lowest BCUT2D eigenvalue weighted by Gasteiger charge is -2.14. The smallest absolute Gasteiger partial charge is 0.00341 e. The van der Waals surface area contributed by atoms with Crippen LogP contribution in [0, 0.1) is 17.8 Å². The molecule has 2 unspecified atom stereocenters. The summed E-state index contributed by atoms with van der Waals surface area (Å²) in [7, 11) is 0. The molecule has 0 aromatic heterocycles. The van der Waals surface area contributed by atoms with Gasteiger partial charge in [-0.3, -0.25) is 0 Å². The Morgan fingerprint density at radius 2 is 2.33 bits per heavy atom. The first-order chi connectivity index (χ1) is 4.29. The van der Waals surface area contributed by atoms with Gasteiger partial charge in [0.15, 0.2) is 0 Å². The molecule has 2 fully saturated rings. The first-order valence-electron chi connectivity index (χ1n) is 3.84. The van der Waals surface area contributed by atoms with Crippen LogP contribution in [0.2, 0.25) is 0 Å². The number of allylic oxidation sites excluding steroid dienone is 1. The summed E-state index contributed by atoms with van der Waals surface area (Å²) < 4.78 is 0. The van der Waals surface area contributed by atoms with Gasteiger partial charge in [0.2, 0.25) is 0 Å². The SMILES string of the molecule is C=C1[C]2CCC1CC2C. The first-order valence-corrected chi connectivity index (χ1v) is 3.84. The van der Waals surface area contributed by atoms with Crippen LogP contribution in [0.15, 0.2) is 12.2 Å². The number of hydrogen-bond acceptors (Lipinski definition) is 0. The third-order valence-corrected chi connectivity index (χ3v) is 2.90. The monoisotopic (exact) mass is 121 g/mol. The van der Waals surface area contributed by atoms with Crippen LogP contribution >= 0.6 is 0 Å². The number of fused-ring (bicyclic) bond motifs is 2. The minimum Gasteiger partial charge on any atom is -0.0990 e. The van der Waals surface area contributed by atoms with Gasteiger partial charge in [0.05, 0.1) is 0 Å². The Balaban J connectivity index is 2.26. The summed E-state index contributed by atoms with van der Waals surface area (Å²) in [6.45, 7) is 6.43. The molecule has 0 heterocycles. The summed E-state index contributed by atoms with van der Waals surface area (Å²) in [6, 6.07) is 0. The molecule has 0 saturated heterocycles. The third-order valence-electron chi connectivity index (χ3n) is 2.90. The molecule has 2 aliphatic rings. The van der Waals surface area contributed by atoms with Gasteiger partial charge in [-0.05, 0) is 31.1 Å². The maximum Gasteiger partial charge on any atom is 0.00341 e. The molecule has 0 aromatic carbocycles. The van der Waals surface area contributed by atoms with E-state index in [1.165, 1.54) is 24.8 Å². The van der Waals surface area contributed by atoms with Gasteiger partial charge in [-0.15, -0.1) is 0 Å². The van der Waals surface area contributed by atoms with E-state index in [1.807, 2.05) is 0 Å². The number of rotatable bonds is 0. The molecule has 0 spiro atoms. The molecule has 2 atom stereocenters. The molecule has 1 radical (unpaired) electrons. The average Bonchev–Trinajstić information content (AvgIpc) is 2.25. The average molecular weight is 121 g/mol. The van der Waals surface area contributed by atoms with Crippen molar-refractivity contribution in [2.75, 3.05) is 0 Å². The Labute approximate surface area is 57.0 Å². The van der Waals surface area contributed by atoms with Crippen LogP contribution in [0.25, 0.3) is 0 Å². The van der Waals surface area contributed by atoms with Crippen molar-refractivity contribution in [1.29, 1.82) is 0 Å². The van der Waals surface area contributed by atoms with E-state index in [0.717, 1.165) is 11.8 Å². The van der Waals surface area contributed by atoms with Crippen LogP contribution in [0.4, 0.5) is 0 Å². The lowest BCUT2D eigenvalue weighted by atomic mass is 9.91. The van der Waals surface area contributed by atoms with Crippen molar-refractivity contribution in [1.82, 2.24) is 0 Å². The Morgan fingerprint density at radius 1 is 1.56 bits per heavy atom. The maximum atomic E-state index is 4.09. The minimum absolute atomic E-state index is 0.872. The van der Waals surface area contributed by atoms with E-state index in [4.69, 9.17) is 0 Å². The van der Waals surface area contributed by atoms with Crippen LogP contribution in [-0.2, 0) is 0 Å². The van der Waals surface area contributed by atoms with Gasteiger partial charge in [0.1, 0.15) is 0 Å². The molecule has 9 heavy (non-hydrogen) atoms. The second-order valence-electron chi connectivity index (χ2n) is 3.42. The summed E-state index contributed by atoms with van der Waals surface area (Å²) in [6.07, 6.45) is 4.15. The fourth-order valence-corrected chi connectivity index (χ4v) is 2.32. The fraction of sp³-hybridized carbons (Fsp3) is 0.667. The molecule has 0 heteroatoms. The van der Waals surface area contributed by atoms with Gasteiger partial charge in [-0.2, -0.15) is 0 Å². The highest BCUT2D eigenvalue weighted by Gasteiger charge is 2.40. The Hall–Kier alpha value is -0.260. The van der Waals surface area contributed by atoms with Crippen molar-refractivity contribution >= 4 is 0 Å². The van der Waals surface area contributed by atoms with E-state index >= 15 is 0 Å². The van der Waals surface area contributed by atoms with Crippen LogP contribution in [0.3, 0.4) is 0 Å². The minimum atomic E-state index is 0.872. The Kier molecular flexibility index (Phi) is 0.992. The number of hydrogen-bond donors (Lipinski definition) is 0. The lowest BCUT2D eigenvalue weighted by Crippen LogP contribution is -2.03. The molecule has 0 aliphatic heterocycles. The normalized spacial score (nSPS) is 42.6. The summed E-state index contributed by atoms with van der Waals surface area (Å²) in [4.78, 5) is 0. The van der Waals surface area contributed by atoms with E-state index in [9.17, 15) is 0 Å². The molecular weight excluding hydrogens is 108 g/mol. The van der Waals surface area contributed by atoms with Crippen LogP contribution in [0.1, 0.15) is 26.2 Å². The van der Waals surface area contributed by atoms with Crippen molar-refractivity contribution in [3.8, 4) is 0 Å². The lowest BCUT2D eigenvalue weighted by molar-refractivity contribution is 0.458. The molecular formula is C9H13. The van der Waals surface area contributed by atoms with Crippen LogP contribution in [0.5, 0.6) is 0 Å². The highest BCUT2D eigenvalue weighted by atomic mass is 14.4. The van der Waals surface area contributed by atoms with Gasteiger partial charge in [-0.1, -0.05) is 19.1 Å². The second-order valence-corrected chi connectivity index (χ2v) is 3.42. The molecule has 2 rings (SSSR count). The summed E-state index contributed by atoms with van der Waals surface area (Å²) in [5.41, 5.74) is 1.49. The predicted molar refractivity (Wildman–Crippen MR) is 38.9 cm³/mol. The van der Waals surface area contributed by atoms with E-state index < -0.39 is 0 Å². The molecule has 0 amide bonds. The summed E-state index contributed by atoms with van der Waals surface area (Å²) >= 11 is 0. The second kappa shape index (κ2) is 1.62. The molecule has 2 bridgehead atoms. The summed E-state index contributed by atoms with van der Waals surface area (Å²) in [5, 5.41) is 0. The van der Waals surface area contributed by atoms with Gasteiger partial charge in [0, 0.05) is 5.92 Å². The van der Waals surface area contributed by atoms with Gasteiger partial charge in [0.25, 0.3) is 0 Å². The molecule has 0 aromatic rings. The molecule has 0 N–H and O–H groups in total. The molecule has 49 valence electrons. The molecule has 2 aliphatic carbocycles. The topological polar surface area (TPSA) is 0 Å². The zero-order valence-electron chi connectivity index (χ0n) is 5.98. The quantitative estimate of drug-likeness (QED) is 0.462. The van der Waals surface area contributed by atoms with Crippen LogP contribution in [-0.4, -0.2) is 0 Å². The van der Waals surface area contributed by atoms with E-state index in [1.54, 1.807) is 5.92 Å². The standard InChI is InChI=1S/C9H13/c1-6-5-8-3-4-9(6)7(8)2/h6,8H,2-5H2,1H3. The predicted octanol–water partition coefficient (Wildman–Crippen LogP) is 2.57. The van der Waals surface area contributed by atoms with E-state index in [-0.39, 0.29) is 0 Å². The van der Waals surface area contributed by atoms with Crippen molar-refractivity contribution in [2.24, 2.45) is 11.8 Å².